The molecule has 0 spiro atoms. The van der Waals surface area contributed by atoms with Crippen LogP contribution in [0.25, 0.3) is 0 Å². The van der Waals surface area contributed by atoms with E-state index in [1.165, 1.54) is 0 Å². The monoisotopic (exact) mass is 289 g/mol. The van der Waals surface area contributed by atoms with Gasteiger partial charge in [0.05, 0.1) is 10.7 Å². The summed E-state index contributed by atoms with van der Waals surface area (Å²) in [6.45, 7) is 4.55. The first-order valence-electron chi connectivity index (χ1n) is 5.08. The minimum atomic E-state index is 0.483. The third kappa shape index (κ3) is 4.50. The largest absolute Gasteiger partial charge is 0.362 e. The lowest BCUT2D eigenvalue weighted by molar-refractivity contribution is 0.901. The summed E-state index contributed by atoms with van der Waals surface area (Å²) in [5.74, 6) is 0. The molecule has 0 aliphatic heterocycles. The van der Waals surface area contributed by atoms with Crippen LogP contribution in [0.2, 0.25) is 10.0 Å². The van der Waals surface area contributed by atoms with Gasteiger partial charge in [-0.3, -0.25) is 5.43 Å². The molecule has 0 unspecified atom stereocenters. The van der Waals surface area contributed by atoms with E-state index in [0.29, 0.717) is 15.2 Å². The first kappa shape index (κ1) is 14.2. The molecule has 1 aromatic rings. The molecule has 0 saturated carbocycles. The molecule has 0 atom stereocenters. The van der Waals surface area contributed by atoms with Crippen LogP contribution >= 0.6 is 35.4 Å². The average molecular weight is 290 g/mol. The van der Waals surface area contributed by atoms with Gasteiger partial charge in [-0.1, -0.05) is 29.3 Å². The van der Waals surface area contributed by atoms with Crippen molar-refractivity contribution in [3.8, 4) is 0 Å². The van der Waals surface area contributed by atoms with Crippen LogP contribution in [0.4, 0.5) is 0 Å². The van der Waals surface area contributed by atoms with E-state index in [9.17, 15) is 0 Å². The lowest BCUT2D eigenvalue weighted by Crippen LogP contribution is -2.32. The summed E-state index contributed by atoms with van der Waals surface area (Å²) in [6, 6.07) is 5.27. The minimum Gasteiger partial charge on any atom is -0.362 e. The van der Waals surface area contributed by atoms with E-state index in [1.54, 1.807) is 12.1 Å². The summed E-state index contributed by atoms with van der Waals surface area (Å²) in [5, 5.41) is 8.72. The number of hydrogen-bond donors (Lipinski definition) is 2. The normalized spacial score (nSPS) is 11.2. The van der Waals surface area contributed by atoms with Crippen molar-refractivity contribution in [2.24, 2.45) is 5.10 Å². The molecule has 0 heterocycles. The third-order valence-electron chi connectivity index (χ3n) is 1.98. The average Bonchev–Trinajstić information content (AvgIpc) is 2.26. The molecule has 0 bridgehead atoms. The van der Waals surface area contributed by atoms with E-state index >= 15 is 0 Å². The first-order valence-corrected chi connectivity index (χ1v) is 6.24. The summed E-state index contributed by atoms with van der Waals surface area (Å²) in [5.41, 5.74) is 4.30. The Morgan fingerprint density at radius 3 is 2.71 bits per heavy atom. The van der Waals surface area contributed by atoms with E-state index in [1.807, 2.05) is 19.9 Å². The van der Waals surface area contributed by atoms with Gasteiger partial charge in [-0.05, 0) is 38.2 Å². The molecule has 0 fully saturated rings. The van der Waals surface area contributed by atoms with Gasteiger partial charge < -0.3 is 5.32 Å². The number of rotatable bonds is 3. The van der Waals surface area contributed by atoms with Gasteiger partial charge in [-0.2, -0.15) is 5.10 Å². The molecular formula is C11H13Cl2N3S. The number of halogens is 2. The topological polar surface area (TPSA) is 36.4 Å². The predicted octanol–water partition coefficient (Wildman–Crippen LogP) is 3.20. The zero-order valence-electron chi connectivity index (χ0n) is 9.55. The second-order valence-corrected chi connectivity index (χ2v) is 4.54. The fraction of sp³-hybridized carbons (Fsp3) is 0.273. The van der Waals surface area contributed by atoms with Gasteiger partial charge in [0.1, 0.15) is 0 Å². The molecule has 1 aromatic carbocycles. The van der Waals surface area contributed by atoms with Crippen LogP contribution in [-0.2, 0) is 0 Å². The Hall–Kier alpha value is -0.840. The van der Waals surface area contributed by atoms with E-state index in [0.717, 1.165) is 17.8 Å². The quantitative estimate of drug-likeness (QED) is 0.510. The van der Waals surface area contributed by atoms with Crippen molar-refractivity contribution in [2.75, 3.05) is 6.54 Å². The van der Waals surface area contributed by atoms with Crippen LogP contribution in [0.5, 0.6) is 0 Å². The third-order valence-corrected chi connectivity index (χ3v) is 2.77. The second kappa shape index (κ2) is 6.79. The van der Waals surface area contributed by atoms with Crippen LogP contribution in [0, 0.1) is 0 Å². The molecular weight excluding hydrogens is 277 g/mol. The fourth-order valence-corrected chi connectivity index (χ4v) is 1.91. The Kier molecular flexibility index (Phi) is 5.68. The lowest BCUT2D eigenvalue weighted by Gasteiger charge is -2.07. The molecule has 0 saturated heterocycles. The maximum absolute atomic E-state index is 6.06. The van der Waals surface area contributed by atoms with Crippen molar-refractivity contribution in [1.82, 2.24) is 10.7 Å². The second-order valence-electron chi connectivity index (χ2n) is 3.29. The van der Waals surface area contributed by atoms with Gasteiger partial charge in [0, 0.05) is 17.1 Å². The molecule has 17 heavy (non-hydrogen) atoms. The summed E-state index contributed by atoms with van der Waals surface area (Å²) in [7, 11) is 0. The van der Waals surface area contributed by atoms with Gasteiger partial charge in [0.25, 0.3) is 0 Å². The van der Waals surface area contributed by atoms with Crippen LogP contribution in [0.15, 0.2) is 23.3 Å². The maximum atomic E-state index is 6.06. The molecule has 92 valence electrons. The first-order chi connectivity index (χ1) is 8.04. The van der Waals surface area contributed by atoms with E-state index in [-0.39, 0.29) is 0 Å². The summed E-state index contributed by atoms with van der Waals surface area (Å²) < 4.78 is 0. The van der Waals surface area contributed by atoms with Gasteiger partial charge >= 0.3 is 0 Å². The Balaban J connectivity index is 2.78. The van der Waals surface area contributed by atoms with Crippen molar-refractivity contribution in [3.63, 3.8) is 0 Å². The van der Waals surface area contributed by atoms with Gasteiger partial charge in [0.15, 0.2) is 5.11 Å². The lowest BCUT2D eigenvalue weighted by atomic mass is 10.1. The van der Waals surface area contributed by atoms with Crippen LogP contribution in [0.1, 0.15) is 19.4 Å². The molecule has 2 N–H and O–H groups in total. The Morgan fingerprint density at radius 1 is 1.41 bits per heavy atom. The molecule has 0 aromatic heterocycles. The molecule has 0 aliphatic rings. The Bertz CT molecular complexity index is 446. The zero-order chi connectivity index (χ0) is 12.8. The van der Waals surface area contributed by atoms with Gasteiger partial charge in [0.2, 0.25) is 0 Å². The minimum absolute atomic E-state index is 0.483. The van der Waals surface area contributed by atoms with Gasteiger partial charge in [-0.15, -0.1) is 0 Å². The summed E-state index contributed by atoms with van der Waals surface area (Å²) in [6.07, 6.45) is 0. The van der Waals surface area contributed by atoms with Crippen molar-refractivity contribution >= 4 is 46.2 Å². The predicted molar refractivity (Wildman–Crippen MR) is 78.1 cm³/mol. The molecule has 0 radical (unpaired) electrons. The molecule has 0 amide bonds. The molecule has 1 rings (SSSR count). The Morgan fingerprint density at radius 2 is 2.12 bits per heavy atom. The number of nitrogens with zero attached hydrogens (tertiary/aromatic N) is 1. The SMILES string of the molecule is CCNC(=S)N/N=C(/C)c1ccc(Cl)cc1Cl. The number of thiocarbonyl (C=S) groups is 1. The van der Waals surface area contributed by atoms with Crippen LogP contribution in [-0.4, -0.2) is 17.4 Å². The molecule has 0 aliphatic carbocycles. The maximum Gasteiger partial charge on any atom is 0.186 e. The van der Waals surface area contributed by atoms with Crippen LogP contribution < -0.4 is 10.7 Å². The number of hydrazone groups is 1. The van der Waals surface area contributed by atoms with E-state index in [4.69, 9.17) is 35.4 Å². The zero-order valence-corrected chi connectivity index (χ0v) is 11.9. The number of benzene rings is 1. The number of hydrogen-bond acceptors (Lipinski definition) is 2. The standard InChI is InChI=1S/C11H13Cl2N3S/c1-3-14-11(17)16-15-7(2)9-5-4-8(12)6-10(9)13/h4-6H,3H2,1-2H3,(H2,14,16,17)/b15-7-. The molecule has 3 nitrogen and oxygen atoms in total. The van der Waals surface area contributed by atoms with Crippen molar-refractivity contribution in [3.05, 3.63) is 33.8 Å². The highest BCUT2D eigenvalue weighted by atomic mass is 35.5. The van der Waals surface area contributed by atoms with E-state index < -0.39 is 0 Å². The van der Waals surface area contributed by atoms with Crippen molar-refractivity contribution in [2.45, 2.75) is 13.8 Å². The highest BCUT2D eigenvalue weighted by Gasteiger charge is 2.04. The number of nitrogens with one attached hydrogen (secondary N) is 2. The molecule has 6 heteroatoms. The van der Waals surface area contributed by atoms with Crippen molar-refractivity contribution in [1.29, 1.82) is 0 Å². The summed E-state index contributed by atoms with van der Waals surface area (Å²) >= 11 is 16.9. The highest BCUT2D eigenvalue weighted by Crippen LogP contribution is 2.21. The smallest absolute Gasteiger partial charge is 0.186 e. The van der Waals surface area contributed by atoms with Gasteiger partial charge in [-0.25, -0.2) is 0 Å². The summed E-state index contributed by atoms with van der Waals surface area (Å²) in [4.78, 5) is 0. The fourth-order valence-electron chi connectivity index (χ4n) is 1.18. The van der Waals surface area contributed by atoms with Crippen LogP contribution in [0.3, 0.4) is 0 Å². The van der Waals surface area contributed by atoms with E-state index in [2.05, 4.69) is 15.8 Å². The highest BCUT2D eigenvalue weighted by molar-refractivity contribution is 7.80. The Labute approximate surface area is 116 Å². The van der Waals surface area contributed by atoms with Crippen molar-refractivity contribution < 1.29 is 0 Å².